The molecule has 1 aromatic carbocycles. The highest BCUT2D eigenvalue weighted by atomic mass is 127. The number of aryl methyl sites for hydroxylation is 3. The number of hydrogen-bond donors (Lipinski definition) is 2. The van der Waals surface area contributed by atoms with E-state index in [1.165, 1.54) is 5.69 Å². The van der Waals surface area contributed by atoms with E-state index < -0.39 is 0 Å². The summed E-state index contributed by atoms with van der Waals surface area (Å²) in [5.41, 5.74) is 4.39. The van der Waals surface area contributed by atoms with Crippen molar-refractivity contribution in [2.75, 3.05) is 13.1 Å². The Morgan fingerprint density at radius 3 is 2.62 bits per heavy atom. The summed E-state index contributed by atoms with van der Waals surface area (Å²) in [6, 6.07) is 12.2. The lowest BCUT2D eigenvalue weighted by Gasteiger charge is -2.11. The van der Waals surface area contributed by atoms with E-state index in [-0.39, 0.29) is 24.0 Å². The van der Waals surface area contributed by atoms with Gasteiger partial charge in [0.2, 0.25) is 0 Å². The number of rotatable bonds is 8. The number of guanidine groups is 1. The molecule has 2 aromatic heterocycles. The highest BCUT2D eigenvalue weighted by Crippen LogP contribution is 2.08. The first kappa shape index (κ1) is 22.9. The maximum absolute atomic E-state index is 4.68. The second-order valence-electron chi connectivity index (χ2n) is 6.75. The van der Waals surface area contributed by atoms with Crippen LogP contribution in [-0.2, 0) is 13.1 Å². The molecule has 156 valence electrons. The van der Waals surface area contributed by atoms with Gasteiger partial charge in [-0.25, -0.2) is 9.67 Å². The molecular weight excluding hydrogens is 477 g/mol. The van der Waals surface area contributed by atoms with Crippen LogP contribution in [0.25, 0.3) is 5.69 Å². The van der Waals surface area contributed by atoms with Crippen molar-refractivity contribution >= 4 is 29.9 Å². The Bertz CT molecular complexity index is 899. The van der Waals surface area contributed by atoms with Crippen LogP contribution in [0.3, 0.4) is 0 Å². The molecule has 0 aliphatic carbocycles. The summed E-state index contributed by atoms with van der Waals surface area (Å²) in [6.45, 7) is 9.34. The van der Waals surface area contributed by atoms with Crippen molar-refractivity contribution in [3.63, 3.8) is 0 Å². The topological polar surface area (TPSA) is 72.1 Å². The van der Waals surface area contributed by atoms with Crippen LogP contribution in [0, 0.1) is 13.8 Å². The normalized spacial score (nSPS) is 11.2. The minimum absolute atomic E-state index is 0. The van der Waals surface area contributed by atoms with Crippen LogP contribution in [-0.4, -0.2) is 38.6 Å². The van der Waals surface area contributed by atoms with Gasteiger partial charge in [0.15, 0.2) is 5.96 Å². The van der Waals surface area contributed by atoms with Crippen molar-refractivity contribution in [2.24, 2.45) is 4.99 Å². The minimum Gasteiger partial charge on any atom is -0.357 e. The predicted molar refractivity (Wildman–Crippen MR) is 128 cm³/mol. The second kappa shape index (κ2) is 11.6. The fourth-order valence-corrected chi connectivity index (χ4v) is 3.01. The van der Waals surface area contributed by atoms with Crippen molar-refractivity contribution in [3.8, 4) is 5.69 Å². The number of halogens is 1. The second-order valence-corrected chi connectivity index (χ2v) is 6.75. The first-order chi connectivity index (χ1) is 13.7. The molecule has 3 aromatic rings. The number of hydrogen-bond acceptors (Lipinski definition) is 3. The maximum Gasteiger partial charge on any atom is 0.191 e. The number of nitrogens with one attached hydrogen (secondary N) is 2. The van der Waals surface area contributed by atoms with Crippen LogP contribution >= 0.6 is 24.0 Å². The summed E-state index contributed by atoms with van der Waals surface area (Å²) in [4.78, 5) is 4.68. The molecule has 2 N–H and O–H groups in total. The quantitative estimate of drug-likeness (QED) is 0.212. The summed E-state index contributed by atoms with van der Waals surface area (Å²) in [7, 11) is 0. The average Bonchev–Trinajstić information content (AvgIpc) is 3.30. The monoisotopic (exact) mass is 507 g/mol. The van der Waals surface area contributed by atoms with Crippen LogP contribution in [0.2, 0.25) is 0 Å². The van der Waals surface area contributed by atoms with Crippen molar-refractivity contribution < 1.29 is 0 Å². The molecule has 0 saturated heterocycles. The van der Waals surface area contributed by atoms with Crippen molar-refractivity contribution in [2.45, 2.75) is 40.3 Å². The minimum atomic E-state index is 0. The number of aromatic nitrogens is 4. The molecule has 29 heavy (non-hydrogen) atoms. The molecule has 0 saturated carbocycles. The van der Waals surface area contributed by atoms with Gasteiger partial charge in [-0.1, -0.05) is 18.2 Å². The molecule has 2 heterocycles. The lowest BCUT2D eigenvalue weighted by atomic mass is 10.3. The summed E-state index contributed by atoms with van der Waals surface area (Å²) in [5, 5.41) is 15.6. The summed E-state index contributed by atoms with van der Waals surface area (Å²) < 4.78 is 3.93. The average molecular weight is 507 g/mol. The number of nitrogens with zero attached hydrogens (tertiary/aromatic N) is 5. The highest BCUT2D eigenvalue weighted by Gasteiger charge is 2.03. The van der Waals surface area contributed by atoms with Crippen molar-refractivity contribution in [3.05, 3.63) is 65.7 Å². The molecule has 0 bridgehead atoms. The van der Waals surface area contributed by atoms with E-state index in [4.69, 9.17) is 0 Å². The van der Waals surface area contributed by atoms with Gasteiger partial charge >= 0.3 is 0 Å². The van der Waals surface area contributed by atoms with Gasteiger partial charge in [0.25, 0.3) is 0 Å². The third-order valence-corrected chi connectivity index (χ3v) is 4.36. The molecule has 0 unspecified atom stereocenters. The molecule has 0 spiro atoms. The van der Waals surface area contributed by atoms with Gasteiger partial charge in [0.05, 0.1) is 24.1 Å². The zero-order valence-corrected chi connectivity index (χ0v) is 19.6. The van der Waals surface area contributed by atoms with Crippen LogP contribution in [0.1, 0.15) is 30.3 Å². The highest BCUT2D eigenvalue weighted by molar-refractivity contribution is 14.0. The standard InChI is InChI=1S/C21H29N7.HI/c1-4-22-21(23-11-8-12-27-18(3)13-17(2)26-27)24-14-19-15-25-28(16-19)20-9-6-5-7-10-20;/h5-7,9-10,13,15-16H,4,8,11-12,14H2,1-3H3,(H2,22,23,24);1H. The van der Waals surface area contributed by atoms with Gasteiger partial charge in [0.1, 0.15) is 0 Å². The van der Waals surface area contributed by atoms with Crippen LogP contribution in [0.15, 0.2) is 53.8 Å². The number of para-hydroxylation sites is 1. The van der Waals surface area contributed by atoms with E-state index in [1.807, 2.05) is 54.3 Å². The molecule has 0 fully saturated rings. The lowest BCUT2D eigenvalue weighted by Crippen LogP contribution is -2.38. The summed E-state index contributed by atoms with van der Waals surface area (Å²) in [6.07, 6.45) is 4.87. The Morgan fingerprint density at radius 2 is 1.93 bits per heavy atom. The Balaban J connectivity index is 0.00000300. The third-order valence-electron chi connectivity index (χ3n) is 4.36. The van der Waals surface area contributed by atoms with E-state index in [9.17, 15) is 0 Å². The van der Waals surface area contributed by atoms with E-state index in [0.29, 0.717) is 6.54 Å². The first-order valence-corrected chi connectivity index (χ1v) is 9.78. The zero-order valence-electron chi connectivity index (χ0n) is 17.3. The third kappa shape index (κ3) is 6.88. The van der Waals surface area contributed by atoms with Gasteiger partial charge < -0.3 is 10.6 Å². The van der Waals surface area contributed by atoms with E-state index in [2.05, 4.69) is 50.4 Å². The smallest absolute Gasteiger partial charge is 0.191 e. The van der Waals surface area contributed by atoms with Gasteiger partial charge in [-0.05, 0) is 45.4 Å². The molecule has 0 aliphatic rings. The van der Waals surface area contributed by atoms with E-state index in [1.54, 1.807) is 0 Å². The zero-order chi connectivity index (χ0) is 19.8. The number of benzene rings is 1. The maximum atomic E-state index is 4.68. The largest absolute Gasteiger partial charge is 0.357 e. The number of aliphatic imine (C=N–C) groups is 1. The summed E-state index contributed by atoms with van der Waals surface area (Å²) >= 11 is 0. The molecule has 7 nitrogen and oxygen atoms in total. The van der Waals surface area contributed by atoms with Gasteiger partial charge in [-0.15, -0.1) is 24.0 Å². The Kier molecular flexibility index (Phi) is 9.17. The fourth-order valence-electron chi connectivity index (χ4n) is 3.01. The fraction of sp³-hybridized carbons (Fsp3) is 0.381. The van der Waals surface area contributed by atoms with Crippen molar-refractivity contribution in [1.29, 1.82) is 0 Å². The van der Waals surface area contributed by atoms with E-state index in [0.717, 1.165) is 49.0 Å². The predicted octanol–water partition coefficient (Wildman–Crippen LogP) is 3.45. The molecule has 8 heteroatoms. The lowest BCUT2D eigenvalue weighted by molar-refractivity contribution is 0.555. The van der Waals surface area contributed by atoms with E-state index >= 15 is 0 Å². The Labute approximate surface area is 189 Å². The molecule has 0 aliphatic heterocycles. The molecule has 0 amide bonds. The first-order valence-electron chi connectivity index (χ1n) is 9.78. The summed E-state index contributed by atoms with van der Waals surface area (Å²) in [5.74, 6) is 0.823. The van der Waals surface area contributed by atoms with Gasteiger partial charge in [-0.2, -0.15) is 10.2 Å². The molecular formula is C21H30IN7. The van der Waals surface area contributed by atoms with Crippen LogP contribution in [0.4, 0.5) is 0 Å². The van der Waals surface area contributed by atoms with Gasteiger partial charge in [-0.3, -0.25) is 4.68 Å². The molecule has 3 rings (SSSR count). The molecule has 0 radical (unpaired) electrons. The molecule has 0 atom stereocenters. The Morgan fingerprint density at radius 1 is 1.14 bits per heavy atom. The van der Waals surface area contributed by atoms with Gasteiger partial charge in [0, 0.05) is 37.1 Å². The van der Waals surface area contributed by atoms with Crippen LogP contribution < -0.4 is 10.6 Å². The Hall–Kier alpha value is -2.36. The van der Waals surface area contributed by atoms with Crippen molar-refractivity contribution in [1.82, 2.24) is 30.2 Å². The SMILES string of the molecule is CCNC(=NCc1cnn(-c2ccccc2)c1)NCCCn1nc(C)cc1C.I. The van der Waals surface area contributed by atoms with Crippen LogP contribution in [0.5, 0.6) is 0 Å².